The van der Waals surface area contributed by atoms with Crippen molar-refractivity contribution in [2.75, 3.05) is 18.4 Å². The van der Waals surface area contributed by atoms with Gasteiger partial charge in [-0.15, -0.1) is 0 Å². The Morgan fingerprint density at radius 2 is 2.00 bits per heavy atom. The first-order valence-corrected chi connectivity index (χ1v) is 9.08. The van der Waals surface area contributed by atoms with Crippen molar-refractivity contribution in [3.63, 3.8) is 0 Å². The summed E-state index contributed by atoms with van der Waals surface area (Å²) in [5, 5.41) is 3.18. The van der Waals surface area contributed by atoms with Crippen LogP contribution >= 0.6 is 0 Å². The molecule has 3 aromatic rings. The van der Waals surface area contributed by atoms with Gasteiger partial charge in [0.05, 0.1) is 11.9 Å². The molecule has 1 saturated heterocycles. The molecule has 27 heavy (non-hydrogen) atoms. The topological polar surface area (TPSA) is 66.8 Å². The van der Waals surface area contributed by atoms with Crippen LogP contribution in [0, 0.1) is 5.82 Å². The number of halogens is 1. The van der Waals surface area contributed by atoms with Gasteiger partial charge in [-0.25, -0.2) is 14.4 Å². The summed E-state index contributed by atoms with van der Waals surface area (Å²) in [5.41, 5.74) is 1.74. The third-order valence-corrected chi connectivity index (χ3v) is 4.79. The van der Waals surface area contributed by atoms with E-state index < -0.39 is 0 Å². The van der Waals surface area contributed by atoms with Gasteiger partial charge in [0.25, 0.3) is 0 Å². The lowest BCUT2D eigenvalue weighted by Gasteiger charge is -2.32. The van der Waals surface area contributed by atoms with Gasteiger partial charge in [0.15, 0.2) is 0 Å². The summed E-state index contributed by atoms with van der Waals surface area (Å²) in [6, 6.07) is 7.21. The van der Waals surface area contributed by atoms with Crippen LogP contribution in [0.3, 0.4) is 0 Å². The van der Waals surface area contributed by atoms with Crippen molar-refractivity contribution in [1.82, 2.24) is 24.8 Å². The summed E-state index contributed by atoms with van der Waals surface area (Å²) in [6.07, 6.45) is 10.6. The third kappa shape index (κ3) is 4.43. The fraction of sp³-hybridized carbons (Fsp3) is 0.300. The van der Waals surface area contributed by atoms with Crippen LogP contribution in [0.15, 0.2) is 55.2 Å². The molecule has 0 bridgehead atoms. The van der Waals surface area contributed by atoms with E-state index in [1.54, 1.807) is 30.9 Å². The zero-order chi connectivity index (χ0) is 18.5. The van der Waals surface area contributed by atoms with Crippen molar-refractivity contribution in [3.8, 4) is 0 Å². The molecule has 1 aliphatic rings. The van der Waals surface area contributed by atoms with Crippen LogP contribution in [0.1, 0.15) is 30.0 Å². The van der Waals surface area contributed by atoms with Crippen molar-refractivity contribution >= 4 is 11.6 Å². The zero-order valence-corrected chi connectivity index (χ0v) is 14.9. The van der Waals surface area contributed by atoms with Crippen molar-refractivity contribution < 1.29 is 4.39 Å². The summed E-state index contributed by atoms with van der Waals surface area (Å²) >= 11 is 0. The molecule has 0 radical (unpaired) electrons. The average molecular weight is 364 g/mol. The molecular formula is C20H21FN6. The Morgan fingerprint density at radius 3 is 2.85 bits per heavy atom. The Bertz CT molecular complexity index is 888. The number of likely N-dealkylation sites (tertiary alicyclic amines) is 1. The summed E-state index contributed by atoms with van der Waals surface area (Å²) in [7, 11) is 0. The largest absolute Gasteiger partial charge is 0.324 e. The number of aromatic nitrogens is 4. The normalized spacial score (nSPS) is 17.6. The van der Waals surface area contributed by atoms with Crippen molar-refractivity contribution in [1.29, 1.82) is 0 Å². The van der Waals surface area contributed by atoms with E-state index in [0.29, 0.717) is 24.0 Å². The predicted octanol–water partition coefficient (Wildman–Crippen LogP) is 3.53. The maximum Gasteiger partial charge on any atom is 0.150 e. The highest BCUT2D eigenvalue weighted by Gasteiger charge is 2.23. The Balaban J connectivity index is 1.45. The van der Waals surface area contributed by atoms with Gasteiger partial charge in [0.2, 0.25) is 0 Å². The number of hydrogen-bond donors (Lipinski definition) is 1. The van der Waals surface area contributed by atoms with Crippen LogP contribution in [0.25, 0.3) is 0 Å². The Labute approximate surface area is 157 Å². The first-order chi connectivity index (χ1) is 13.3. The zero-order valence-electron chi connectivity index (χ0n) is 14.9. The second kappa shape index (κ2) is 8.18. The third-order valence-electron chi connectivity index (χ3n) is 4.79. The molecule has 4 heterocycles. The highest BCUT2D eigenvalue weighted by atomic mass is 19.1. The van der Waals surface area contributed by atoms with Gasteiger partial charge in [-0.1, -0.05) is 0 Å². The van der Waals surface area contributed by atoms with Gasteiger partial charge in [-0.2, -0.15) is 0 Å². The fourth-order valence-corrected chi connectivity index (χ4v) is 3.48. The van der Waals surface area contributed by atoms with E-state index >= 15 is 0 Å². The van der Waals surface area contributed by atoms with Crippen molar-refractivity contribution in [2.24, 2.45) is 0 Å². The van der Waals surface area contributed by atoms with Crippen LogP contribution in [0.2, 0.25) is 0 Å². The number of pyridine rings is 2. The number of piperidine rings is 1. The van der Waals surface area contributed by atoms with Crippen LogP contribution < -0.4 is 5.32 Å². The quantitative estimate of drug-likeness (QED) is 0.747. The molecule has 0 saturated carbocycles. The molecule has 0 aromatic carbocycles. The lowest BCUT2D eigenvalue weighted by atomic mass is 9.91. The van der Waals surface area contributed by atoms with E-state index in [4.69, 9.17) is 0 Å². The average Bonchev–Trinajstić information content (AvgIpc) is 2.71. The van der Waals surface area contributed by atoms with E-state index in [1.165, 1.54) is 11.6 Å². The molecule has 6 nitrogen and oxygen atoms in total. The van der Waals surface area contributed by atoms with Gasteiger partial charge in [0, 0.05) is 37.9 Å². The molecule has 7 heteroatoms. The van der Waals surface area contributed by atoms with E-state index in [0.717, 1.165) is 31.7 Å². The fourth-order valence-electron chi connectivity index (χ4n) is 3.48. The first kappa shape index (κ1) is 17.5. The molecule has 1 atom stereocenters. The summed E-state index contributed by atoms with van der Waals surface area (Å²) in [5.74, 6) is 1.56. The van der Waals surface area contributed by atoms with E-state index in [1.807, 2.05) is 6.20 Å². The van der Waals surface area contributed by atoms with E-state index in [9.17, 15) is 4.39 Å². The number of nitrogens with zero attached hydrogens (tertiary/aromatic N) is 5. The predicted molar refractivity (Wildman–Crippen MR) is 101 cm³/mol. The second-order valence-corrected chi connectivity index (χ2v) is 6.70. The van der Waals surface area contributed by atoms with Crippen LogP contribution in [-0.4, -0.2) is 37.9 Å². The molecule has 0 amide bonds. The summed E-state index contributed by atoms with van der Waals surface area (Å²) < 4.78 is 13.9. The molecule has 0 spiro atoms. The molecule has 4 rings (SSSR count). The minimum atomic E-state index is -0.237. The molecule has 1 unspecified atom stereocenters. The van der Waals surface area contributed by atoms with Gasteiger partial charge in [0.1, 0.15) is 17.5 Å². The van der Waals surface area contributed by atoms with E-state index in [2.05, 4.69) is 42.3 Å². The molecule has 1 N–H and O–H groups in total. The van der Waals surface area contributed by atoms with Gasteiger partial charge < -0.3 is 5.32 Å². The smallest absolute Gasteiger partial charge is 0.150 e. The first-order valence-electron chi connectivity index (χ1n) is 9.08. The molecule has 1 aliphatic heterocycles. The van der Waals surface area contributed by atoms with Gasteiger partial charge >= 0.3 is 0 Å². The second-order valence-electron chi connectivity index (χ2n) is 6.70. The number of nitrogens with one attached hydrogen (secondary N) is 1. The number of rotatable bonds is 5. The lowest BCUT2D eigenvalue weighted by Crippen LogP contribution is -2.34. The number of hydrogen-bond acceptors (Lipinski definition) is 6. The highest BCUT2D eigenvalue weighted by Crippen LogP contribution is 2.29. The Morgan fingerprint density at radius 1 is 1.07 bits per heavy atom. The van der Waals surface area contributed by atoms with Gasteiger partial charge in [-0.05, 0) is 55.1 Å². The van der Waals surface area contributed by atoms with E-state index in [-0.39, 0.29) is 5.82 Å². The minimum Gasteiger partial charge on any atom is -0.324 e. The standard InChI is InChI=1S/C20H21FN6/c21-17-4-1-6-23-18(17)14-27-10-2-3-16(13-27)15-5-7-24-19(11-15)26-20-12-22-8-9-25-20/h1,4-9,11-12,16H,2-3,10,13-14H2,(H,24,25,26). The molecule has 138 valence electrons. The molecule has 0 aliphatic carbocycles. The highest BCUT2D eigenvalue weighted by molar-refractivity contribution is 5.51. The molecular weight excluding hydrogens is 343 g/mol. The maximum atomic E-state index is 13.9. The van der Waals surface area contributed by atoms with Crippen LogP contribution in [0.5, 0.6) is 0 Å². The SMILES string of the molecule is Fc1cccnc1CN1CCCC(c2ccnc(Nc3cnccn3)c2)C1. The van der Waals surface area contributed by atoms with Crippen molar-refractivity contribution in [3.05, 3.63) is 72.3 Å². The minimum absolute atomic E-state index is 0.237. The van der Waals surface area contributed by atoms with Crippen LogP contribution in [0.4, 0.5) is 16.0 Å². The maximum absolute atomic E-state index is 13.9. The molecule has 1 fully saturated rings. The molecule has 3 aromatic heterocycles. The summed E-state index contributed by atoms with van der Waals surface area (Å²) in [4.78, 5) is 19.1. The summed E-state index contributed by atoms with van der Waals surface area (Å²) in [6.45, 7) is 2.38. The van der Waals surface area contributed by atoms with Gasteiger partial charge in [-0.3, -0.25) is 14.9 Å². The van der Waals surface area contributed by atoms with Crippen LogP contribution in [-0.2, 0) is 6.54 Å². The lowest BCUT2D eigenvalue weighted by molar-refractivity contribution is 0.195. The Hall–Kier alpha value is -2.93. The monoisotopic (exact) mass is 364 g/mol. The number of anilines is 2. The Kier molecular flexibility index (Phi) is 5.29. The van der Waals surface area contributed by atoms with Crippen molar-refractivity contribution in [2.45, 2.75) is 25.3 Å².